The molecule has 2 atom stereocenters. The zero-order valence-electron chi connectivity index (χ0n) is 21.2. The number of non-ortho nitro benzene ring substituents is 1. The number of nitro groups is 1. The Hall–Kier alpha value is -4.84. The lowest BCUT2D eigenvalue weighted by Crippen LogP contribution is -2.32. The Bertz CT molecular complexity index is 1560. The van der Waals surface area contributed by atoms with Crippen molar-refractivity contribution in [1.82, 2.24) is 15.2 Å². The van der Waals surface area contributed by atoms with E-state index in [1.165, 1.54) is 31.4 Å². The summed E-state index contributed by atoms with van der Waals surface area (Å²) in [6, 6.07) is 18.5. The monoisotopic (exact) mass is 561 g/mol. The standard InChI is InChI=1S/C28H24FN5O5S/c1-38-24-16-17(34(36)37)9-10-18(24)22-11-12-23(39-22)27-26(21-8-4-5-14-30-21)32-28(40)33(27)15-13-25(35)31-20-7-3-2-6-19(20)29/h2-12,14,16,26-27H,13,15H2,1H3,(H,31,35)(H,32,40)/t26-,27+/m1/s1. The number of methoxy groups -OCH3 is 1. The minimum absolute atomic E-state index is 0.0331. The highest BCUT2D eigenvalue weighted by Gasteiger charge is 2.41. The number of hydrogen-bond donors (Lipinski definition) is 2. The van der Waals surface area contributed by atoms with Crippen LogP contribution in [0.5, 0.6) is 5.75 Å². The molecule has 2 aromatic carbocycles. The lowest BCUT2D eigenvalue weighted by Gasteiger charge is -2.25. The molecule has 1 saturated heterocycles. The summed E-state index contributed by atoms with van der Waals surface area (Å²) in [7, 11) is 1.43. The summed E-state index contributed by atoms with van der Waals surface area (Å²) in [6.45, 7) is 0.219. The van der Waals surface area contributed by atoms with Gasteiger partial charge in [0.15, 0.2) is 5.11 Å². The molecule has 5 rings (SSSR count). The van der Waals surface area contributed by atoms with Crippen LogP contribution >= 0.6 is 12.2 Å². The Balaban J connectivity index is 1.43. The van der Waals surface area contributed by atoms with Crippen molar-refractivity contribution in [2.45, 2.75) is 18.5 Å². The molecular formula is C28H24FN5O5S. The van der Waals surface area contributed by atoms with E-state index in [2.05, 4.69) is 15.6 Å². The number of para-hydroxylation sites is 1. The average Bonchev–Trinajstić information content (AvgIpc) is 3.57. The first kappa shape index (κ1) is 26.8. The Morgan fingerprint density at radius 3 is 2.73 bits per heavy atom. The van der Waals surface area contributed by atoms with Gasteiger partial charge in [-0.15, -0.1) is 0 Å². The molecule has 1 fully saturated rings. The van der Waals surface area contributed by atoms with E-state index in [0.717, 1.165) is 5.69 Å². The molecule has 4 aromatic rings. The van der Waals surface area contributed by atoms with E-state index in [1.807, 2.05) is 23.1 Å². The third-order valence-corrected chi connectivity index (χ3v) is 6.86. The predicted octanol–water partition coefficient (Wildman–Crippen LogP) is 5.40. The van der Waals surface area contributed by atoms with Gasteiger partial charge < -0.3 is 24.7 Å². The van der Waals surface area contributed by atoms with Gasteiger partial charge in [-0.25, -0.2) is 4.39 Å². The lowest BCUT2D eigenvalue weighted by molar-refractivity contribution is -0.384. The first-order valence-corrected chi connectivity index (χ1v) is 12.7. The summed E-state index contributed by atoms with van der Waals surface area (Å²) in [5.74, 6) is 0.374. The second kappa shape index (κ2) is 11.5. The number of amides is 1. The number of rotatable bonds is 9. The summed E-state index contributed by atoms with van der Waals surface area (Å²) < 4.78 is 25.7. The van der Waals surface area contributed by atoms with Crippen LogP contribution in [0.1, 0.15) is 30.0 Å². The van der Waals surface area contributed by atoms with Crippen LogP contribution in [0.25, 0.3) is 11.3 Å². The fraction of sp³-hybridized carbons (Fsp3) is 0.179. The van der Waals surface area contributed by atoms with Gasteiger partial charge in [0.05, 0.1) is 41.1 Å². The highest BCUT2D eigenvalue weighted by molar-refractivity contribution is 7.80. The van der Waals surface area contributed by atoms with Gasteiger partial charge in [0, 0.05) is 25.2 Å². The van der Waals surface area contributed by atoms with Crippen LogP contribution in [0.4, 0.5) is 15.8 Å². The van der Waals surface area contributed by atoms with E-state index >= 15 is 0 Å². The Kier molecular flexibility index (Phi) is 7.69. The Morgan fingerprint density at radius 1 is 1.20 bits per heavy atom. The number of nitro benzene ring substituents is 1. The maximum atomic E-state index is 14.0. The third-order valence-electron chi connectivity index (χ3n) is 6.51. The molecule has 12 heteroatoms. The number of hydrogen-bond acceptors (Lipinski definition) is 7. The van der Waals surface area contributed by atoms with Crippen LogP contribution < -0.4 is 15.4 Å². The molecule has 2 N–H and O–H groups in total. The zero-order chi connectivity index (χ0) is 28.2. The third kappa shape index (κ3) is 5.47. The second-order valence-corrected chi connectivity index (χ2v) is 9.33. The molecule has 2 aromatic heterocycles. The van der Waals surface area contributed by atoms with E-state index in [9.17, 15) is 19.3 Å². The fourth-order valence-corrected chi connectivity index (χ4v) is 4.94. The van der Waals surface area contributed by atoms with Gasteiger partial charge in [-0.1, -0.05) is 18.2 Å². The summed E-state index contributed by atoms with van der Waals surface area (Å²) >= 11 is 5.65. The number of carbonyl (C=O) groups is 1. The van der Waals surface area contributed by atoms with Crippen LogP contribution in [0.15, 0.2) is 83.4 Å². The number of nitrogens with one attached hydrogen (secondary N) is 2. The van der Waals surface area contributed by atoms with Crippen molar-refractivity contribution in [3.8, 4) is 17.1 Å². The van der Waals surface area contributed by atoms with E-state index < -0.39 is 16.8 Å². The molecular weight excluding hydrogens is 537 g/mol. The molecule has 0 unspecified atom stereocenters. The van der Waals surface area contributed by atoms with Crippen LogP contribution in [0.2, 0.25) is 0 Å². The minimum atomic E-state index is -0.521. The highest BCUT2D eigenvalue weighted by Crippen LogP contribution is 2.42. The van der Waals surface area contributed by atoms with Crippen molar-refractivity contribution in [1.29, 1.82) is 0 Å². The number of nitrogens with zero attached hydrogens (tertiary/aromatic N) is 3. The number of aromatic nitrogens is 1. The normalized spacial score (nSPS) is 16.4. The van der Waals surface area contributed by atoms with Gasteiger partial charge in [0.1, 0.15) is 29.1 Å². The molecule has 10 nitrogen and oxygen atoms in total. The van der Waals surface area contributed by atoms with Gasteiger partial charge in [0.25, 0.3) is 5.69 Å². The number of carbonyl (C=O) groups excluding carboxylic acids is 1. The molecule has 0 radical (unpaired) electrons. The lowest BCUT2D eigenvalue weighted by atomic mass is 10.0. The summed E-state index contributed by atoms with van der Waals surface area (Å²) in [4.78, 5) is 29.7. The van der Waals surface area contributed by atoms with Crippen LogP contribution in [-0.2, 0) is 4.79 Å². The van der Waals surface area contributed by atoms with Gasteiger partial charge >= 0.3 is 0 Å². The number of thiocarbonyl (C=S) groups is 1. The molecule has 3 heterocycles. The van der Waals surface area contributed by atoms with Gasteiger partial charge in [-0.05, 0) is 54.7 Å². The van der Waals surface area contributed by atoms with E-state index in [4.69, 9.17) is 21.4 Å². The summed E-state index contributed by atoms with van der Waals surface area (Å²) in [6.07, 6.45) is 1.71. The second-order valence-electron chi connectivity index (χ2n) is 8.94. The fourth-order valence-electron chi connectivity index (χ4n) is 4.61. The van der Waals surface area contributed by atoms with Crippen molar-refractivity contribution < 1.29 is 23.3 Å². The largest absolute Gasteiger partial charge is 0.496 e. The van der Waals surface area contributed by atoms with Gasteiger partial charge in [-0.2, -0.15) is 0 Å². The van der Waals surface area contributed by atoms with Crippen molar-refractivity contribution >= 4 is 34.6 Å². The molecule has 1 aliphatic heterocycles. The molecule has 40 heavy (non-hydrogen) atoms. The van der Waals surface area contributed by atoms with Crippen molar-refractivity contribution in [2.75, 3.05) is 19.0 Å². The SMILES string of the molecule is COc1cc([N+](=O)[O-])ccc1-c1ccc([C@H]2[C@@H](c3ccccn3)NC(=S)N2CCC(=O)Nc2ccccc2F)o1. The molecule has 1 aliphatic rings. The molecule has 0 spiro atoms. The minimum Gasteiger partial charge on any atom is -0.496 e. The number of benzene rings is 2. The van der Waals surface area contributed by atoms with Crippen LogP contribution in [-0.4, -0.2) is 39.5 Å². The Labute approximate surface area is 233 Å². The number of halogens is 1. The number of anilines is 1. The smallest absolute Gasteiger partial charge is 0.273 e. The molecule has 0 aliphatic carbocycles. The Morgan fingerprint density at radius 2 is 2.00 bits per heavy atom. The molecule has 204 valence electrons. The first-order valence-electron chi connectivity index (χ1n) is 12.3. The van der Waals surface area contributed by atoms with Crippen molar-refractivity contribution in [3.05, 3.63) is 106 Å². The van der Waals surface area contributed by atoms with Gasteiger partial charge in [-0.3, -0.25) is 19.9 Å². The van der Waals surface area contributed by atoms with Crippen molar-refractivity contribution in [3.63, 3.8) is 0 Å². The van der Waals surface area contributed by atoms with Gasteiger partial charge in [0.2, 0.25) is 5.91 Å². The topological polar surface area (TPSA) is 123 Å². The summed E-state index contributed by atoms with van der Waals surface area (Å²) in [5, 5.41) is 17.5. The zero-order valence-corrected chi connectivity index (χ0v) is 22.1. The van der Waals surface area contributed by atoms with Crippen LogP contribution in [0, 0.1) is 15.9 Å². The van der Waals surface area contributed by atoms with E-state index in [1.54, 1.807) is 36.5 Å². The summed E-state index contributed by atoms with van der Waals surface area (Å²) in [5.41, 5.74) is 1.26. The molecule has 0 bridgehead atoms. The highest BCUT2D eigenvalue weighted by atomic mass is 32.1. The van der Waals surface area contributed by atoms with Crippen LogP contribution in [0.3, 0.4) is 0 Å². The number of ether oxygens (including phenoxy) is 1. The number of furan rings is 1. The predicted molar refractivity (Wildman–Crippen MR) is 149 cm³/mol. The quantitative estimate of drug-likeness (QED) is 0.157. The molecule has 0 saturated carbocycles. The maximum Gasteiger partial charge on any atom is 0.273 e. The average molecular weight is 562 g/mol. The number of pyridine rings is 1. The maximum absolute atomic E-state index is 14.0. The van der Waals surface area contributed by atoms with Crippen molar-refractivity contribution in [2.24, 2.45) is 0 Å². The first-order chi connectivity index (χ1) is 19.4. The van der Waals surface area contributed by atoms with E-state index in [-0.39, 0.29) is 42.0 Å². The molecule has 1 amide bonds. The van der Waals surface area contributed by atoms with E-state index in [0.29, 0.717) is 22.2 Å².